The molecule has 31 heavy (non-hydrogen) atoms. The Balaban J connectivity index is 1.42. The number of benzene rings is 2. The van der Waals surface area contributed by atoms with Crippen LogP contribution < -0.4 is 14.8 Å². The second kappa shape index (κ2) is 8.49. The van der Waals surface area contributed by atoms with Crippen molar-refractivity contribution >= 4 is 17.5 Å². The summed E-state index contributed by atoms with van der Waals surface area (Å²) < 4.78 is 49.8. The van der Waals surface area contributed by atoms with Gasteiger partial charge in [0.25, 0.3) is 5.91 Å². The first-order chi connectivity index (χ1) is 14.8. The van der Waals surface area contributed by atoms with Gasteiger partial charge in [-0.15, -0.1) is 0 Å². The lowest BCUT2D eigenvalue weighted by molar-refractivity contribution is -0.137. The third-order valence-corrected chi connectivity index (χ3v) is 5.33. The van der Waals surface area contributed by atoms with Crippen LogP contribution >= 0.6 is 0 Å². The predicted octanol–water partition coefficient (Wildman–Crippen LogP) is 3.97. The Hall–Kier alpha value is -3.23. The standard InChI is InChI=1S/C22H21F3N2O4/c23-22(24,25)16-5-1-3-14(11-16)21(29)27-8-2-4-15(13-27)20(28)26-17-6-7-18-19(12-17)31-10-9-30-18/h1,3,5-7,11-12,15H,2,4,8-10,13H2,(H,26,28)/t15-/m0/s1. The van der Waals surface area contributed by atoms with Crippen LogP contribution in [0.15, 0.2) is 42.5 Å². The van der Waals surface area contributed by atoms with Crippen molar-refractivity contribution in [1.82, 2.24) is 4.90 Å². The Kier molecular flexibility index (Phi) is 5.75. The molecule has 1 saturated heterocycles. The number of ether oxygens (including phenoxy) is 2. The van der Waals surface area contributed by atoms with Crippen molar-refractivity contribution in [3.63, 3.8) is 0 Å². The number of amides is 2. The van der Waals surface area contributed by atoms with E-state index in [1.165, 1.54) is 17.0 Å². The lowest BCUT2D eigenvalue weighted by atomic mass is 9.96. The van der Waals surface area contributed by atoms with E-state index >= 15 is 0 Å². The van der Waals surface area contributed by atoms with Gasteiger partial charge in [0, 0.05) is 30.4 Å². The normalized spacial score (nSPS) is 18.4. The highest BCUT2D eigenvalue weighted by atomic mass is 19.4. The maximum Gasteiger partial charge on any atom is 0.416 e. The zero-order valence-electron chi connectivity index (χ0n) is 16.6. The molecule has 1 atom stereocenters. The molecule has 1 N–H and O–H groups in total. The summed E-state index contributed by atoms with van der Waals surface area (Å²) in [7, 11) is 0. The van der Waals surface area contributed by atoms with E-state index < -0.39 is 23.6 Å². The molecule has 6 nitrogen and oxygen atoms in total. The van der Waals surface area contributed by atoms with E-state index in [1.807, 2.05) is 0 Å². The summed E-state index contributed by atoms with van der Waals surface area (Å²) in [6, 6.07) is 9.45. The quantitative estimate of drug-likeness (QED) is 0.794. The number of hydrogen-bond donors (Lipinski definition) is 1. The average Bonchev–Trinajstić information content (AvgIpc) is 2.78. The van der Waals surface area contributed by atoms with Crippen molar-refractivity contribution in [2.24, 2.45) is 5.92 Å². The number of nitrogens with zero attached hydrogens (tertiary/aromatic N) is 1. The molecule has 2 aromatic carbocycles. The summed E-state index contributed by atoms with van der Waals surface area (Å²) in [5.74, 6) is -0.0633. The number of rotatable bonds is 3. The molecule has 0 radical (unpaired) electrons. The molecular weight excluding hydrogens is 413 g/mol. The topological polar surface area (TPSA) is 67.9 Å². The van der Waals surface area contributed by atoms with Gasteiger partial charge in [-0.25, -0.2) is 0 Å². The summed E-state index contributed by atoms with van der Waals surface area (Å²) in [5.41, 5.74) is -0.360. The van der Waals surface area contributed by atoms with E-state index in [0.29, 0.717) is 49.8 Å². The summed E-state index contributed by atoms with van der Waals surface area (Å²) in [5, 5.41) is 2.83. The molecule has 9 heteroatoms. The molecular formula is C22H21F3N2O4. The van der Waals surface area contributed by atoms with Gasteiger partial charge in [0.1, 0.15) is 13.2 Å². The van der Waals surface area contributed by atoms with Crippen LogP contribution in [0.3, 0.4) is 0 Å². The molecule has 0 aromatic heterocycles. The van der Waals surface area contributed by atoms with E-state index in [9.17, 15) is 22.8 Å². The molecule has 2 aliphatic rings. The van der Waals surface area contributed by atoms with Crippen molar-refractivity contribution in [3.05, 3.63) is 53.6 Å². The monoisotopic (exact) mass is 434 g/mol. The van der Waals surface area contributed by atoms with Crippen LogP contribution in [0.1, 0.15) is 28.8 Å². The number of nitrogens with one attached hydrogen (secondary N) is 1. The fourth-order valence-electron chi connectivity index (χ4n) is 3.75. The third kappa shape index (κ3) is 4.76. The van der Waals surface area contributed by atoms with Gasteiger partial charge in [0.05, 0.1) is 11.5 Å². The van der Waals surface area contributed by atoms with E-state index in [1.54, 1.807) is 18.2 Å². The fraction of sp³-hybridized carbons (Fsp3) is 0.364. The van der Waals surface area contributed by atoms with Gasteiger partial charge in [0.15, 0.2) is 11.5 Å². The Labute approximate surface area is 176 Å². The van der Waals surface area contributed by atoms with Crippen molar-refractivity contribution in [1.29, 1.82) is 0 Å². The zero-order valence-corrected chi connectivity index (χ0v) is 16.6. The molecule has 0 bridgehead atoms. The minimum Gasteiger partial charge on any atom is -0.486 e. The smallest absolute Gasteiger partial charge is 0.416 e. The second-order valence-corrected chi connectivity index (χ2v) is 7.52. The van der Waals surface area contributed by atoms with E-state index in [0.717, 1.165) is 12.1 Å². The minimum absolute atomic E-state index is 0.0391. The Morgan fingerprint density at radius 1 is 1.03 bits per heavy atom. The van der Waals surface area contributed by atoms with Gasteiger partial charge < -0.3 is 19.7 Å². The largest absolute Gasteiger partial charge is 0.486 e. The number of carbonyl (C=O) groups is 2. The number of alkyl halides is 3. The van der Waals surface area contributed by atoms with Crippen LogP contribution in [-0.4, -0.2) is 43.0 Å². The molecule has 0 aliphatic carbocycles. The van der Waals surface area contributed by atoms with Crippen molar-refractivity contribution in [2.45, 2.75) is 19.0 Å². The molecule has 4 rings (SSSR count). The Bertz CT molecular complexity index is 993. The molecule has 0 spiro atoms. The number of carbonyl (C=O) groups excluding carboxylic acids is 2. The highest BCUT2D eigenvalue weighted by Crippen LogP contribution is 2.33. The number of fused-ring (bicyclic) bond motifs is 1. The molecule has 2 aliphatic heterocycles. The maximum atomic E-state index is 13.0. The maximum absolute atomic E-state index is 13.0. The second-order valence-electron chi connectivity index (χ2n) is 7.52. The van der Waals surface area contributed by atoms with Gasteiger partial charge in [-0.05, 0) is 43.2 Å². The predicted molar refractivity (Wildman–Crippen MR) is 106 cm³/mol. The average molecular weight is 434 g/mol. The van der Waals surface area contributed by atoms with Crippen LogP contribution in [0.2, 0.25) is 0 Å². The summed E-state index contributed by atoms with van der Waals surface area (Å²) >= 11 is 0. The van der Waals surface area contributed by atoms with Crippen molar-refractivity contribution < 1.29 is 32.2 Å². The molecule has 0 saturated carbocycles. The summed E-state index contributed by atoms with van der Waals surface area (Å²) in [4.78, 5) is 27.0. The summed E-state index contributed by atoms with van der Waals surface area (Å²) in [6.45, 7) is 1.44. The van der Waals surface area contributed by atoms with Gasteiger partial charge >= 0.3 is 6.18 Å². The fourth-order valence-corrected chi connectivity index (χ4v) is 3.75. The van der Waals surface area contributed by atoms with Crippen LogP contribution in [0.25, 0.3) is 0 Å². The zero-order chi connectivity index (χ0) is 22.0. The van der Waals surface area contributed by atoms with Crippen molar-refractivity contribution in [3.8, 4) is 11.5 Å². The van der Waals surface area contributed by atoms with E-state index in [-0.39, 0.29) is 18.0 Å². The highest BCUT2D eigenvalue weighted by molar-refractivity contribution is 5.96. The van der Waals surface area contributed by atoms with Crippen LogP contribution in [-0.2, 0) is 11.0 Å². The molecule has 1 fully saturated rings. The first-order valence-corrected chi connectivity index (χ1v) is 9.98. The number of likely N-dealkylation sites (tertiary alicyclic amines) is 1. The van der Waals surface area contributed by atoms with Gasteiger partial charge in [-0.1, -0.05) is 6.07 Å². The Morgan fingerprint density at radius 3 is 2.58 bits per heavy atom. The number of anilines is 1. The van der Waals surface area contributed by atoms with Gasteiger partial charge in [-0.2, -0.15) is 13.2 Å². The van der Waals surface area contributed by atoms with E-state index in [4.69, 9.17) is 9.47 Å². The first kappa shape index (κ1) is 21.0. The van der Waals surface area contributed by atoms with Crippen LogP contribution in [0.4, 0.5) is 18.9 Å². The number of hydrogen-bond acceptors (Lipinski definition) is 4. The van der Waals surface area contributed by atoms with Crippen LogP contribution in [0, 0.1) is 5.92 Å². The number of piperidine rings is 1. The molecule has 2 heterocycles. The van der Waals surface area contributed by atoms with Crippen molar-refractivity contribution in [2.75, 3.05) is 31.6 Å². The minimum atomic E-state index is -4.52. The van der Waals surface area contributed by atoms with Crippen LogP contribution in [0.5, 0.6) is 11.5 Å². The van der Waals surface area contributed by atoms with Gasteiger partial charge in [0.2, 0.25) is 5.91 Å². The number of halogens is 3. The molecule has 2 aromatic rings. The lowest BCUT2D eigenvalue weighted by Crippen LogP contribution is -2.43. The molecule has 0 unspecified atom stereocenters. The van der Waals surface area contributed by atoms with E-state index in [2.05, 4.69) is 5.32 Å². The Morgan fingerprint density at radius 2 is 1.81 bits per heavy atom. The SMILES string of the molecule is O=C(Nc1ccc2c(c1)OCCO2)[C@H]1CCCN(C(=O)c2cccc(C(F)(F)F)c2)C1. The van der Waals surface area contributed by atoms with Gasteiger partial charge in [-0.3, -0.25) is 9.59 Å². The molecule has 164 valence electrons. The lowest BCUT2D eigenvalue weighted by Gasteiger charge is -2.32. The molecule has 2 amide bonds. The third-order valence-electron chi connectivity index (χ3n) is 5.33. The highest BCUT2D eigenvalue weighted by Gasteiger charge is 2.33. The first-order valence-electron chi connectivity index (χ1n) is 9.98. The summed E-state index contributed by atoms with van der Waals surface area (Å²) in [6.07, 6.45) is -3.35.